The Morgan fingerprint density at radius 3 is 2.82 bits per heavy atom. The Balaban J connectivity index is 1.99. The maximum absolute atomic E-state index is 12.0. The first kappa shape index (κ1) is 15.5. The summed E-state index contributed by atoms with van der Waals surface area (Å²) in [5, 5.41) is 0.933. The molecule has 22 heavy (non-hydrogen) atoms. The van der Waals surface area contributed by atoms with Crippen LogP contribution in [0.2, 0.25) is 10.0 Å². The van der Waals surface area contributed by atoms with Crippen molar-refractivity contribution in [2.45, 2.75) is 18.8 Å². The van der Waals surface area contributed by atoms with Crippen molar-refractivity contribution < 1.29 is 0 Å². The highest BCUT2D eigenvalue weighted by molar-refractivity contribution is 6.42. The quantitative estimate of drug-likeness (QED) is 0.911. The molecular formula is C16H17Cl2N3O. The van der Waals surface area contributed by atoms with E-state index in [-0.39, 0.29) is 5.56 Å². The first-order valence-electron chi connectivity index (χ1n) is 7.28. The third-order valence-electron chi connectivity index (χ3n) is 4.00. The Bertz CT molecular complexity index is 744. The van der Waals surface area contributed by atoms with E-state index in [0.29, 0.717) is 21.8 Å². The minimum atomic E-state index is -0.140. The second-order valence-corrected chi connectivity index (χ2v) is 6.56. The molecular weight excluding hydrogens is 321 g/mol. The number of likely N-dealkylation sites (N-methyl/N-ethyl adjacent to an activating group) is 1. The van der Waals surface area contributed by atoms with E-state index in [2.05, 4.69) is 21.9 Å². The number of rotatable bonds is 2. The lowest BCUT2D eigenvalue weighted by atomic mass is 9.95. The van der Waals surface area contributed by atoms with Crippen molar-refractivity contribution in [2.24, 2.45) is 0 Å². The van der Waals surface area contributed by atoms with Crippen LogP contribution in [0.1, 0.15) is 24.5 Å². The number of benzene rings is 1. The maximum atomic E-state index is 12.0. The fourth-order valence-electron chi connectivity index (χ4n) is 2.87. The molecule has 116 valence electrons. The fourth-order valence-corrected chi connectivity index (χ4v) is 3.17. The van der Waals surface area contributed by atoms with Crippen molar-refractivity contribution in [1.29, 1.82) is 0 Å². The minimum absolute atomic E-state index is 0.140. The highest BCUT2D eigenvalue weighted by atomic mass is 35.5. The van der Waals surface area contributed by atoms with E-state index in [4.69, 9.17) is 23.2 Å². The van der Waals surface area contributed by atoms with Gasteiger partial charge in [0.25, 0.3) is 5.56 Å². The van der Waals surface area contributed by atoms with E-state index in [0.717, 1.165) is 37.2 Å². The van der Waals surface area contributed by atoms with Gasteiger partial charge in [-0.1, -0.05) is 23.2 Å². The molecule has 0 spiro atoms. The van der Waals surface area contributed by atoms with Crippen LogP contribution in [0.25, 0.3) is 11.4 Å². The number of hydrogen-bond donors (Lipinski definition) is 1. The average molecular weight is 338 g/mol. The Hall–Kier alpha value is -1.36. The van der Waals surface area contributed by atoms with Crippen molar-refractivity contribution in [1.82, 2.24) is 14.9 Å². The fraction of sp³-hybridized carbons (Fsp3) is 0.375. The van der Waals surface area contributed by atoms with Gasteiger partial charge in [0.05, 0.1) is 15.7 Å². The zero-order valence-corrected chi connectivity index (χ0v) is 13.8. The second kappa shape index (κ2) is 6.41. The van der Waals surface area contributed by atoms with E-state index >= 15 is 0 Å². The van der Waals surface area contributed by atoms with Gasteiger partial charge in [-0.25, -0.2) is 4.98 Å². The van der Waals surface area contributed by atoms with E-state index in [1.807, 2.05) is 6.07 Å². The van der Waals surface area contributed by atoms with Gasteiger partial charge in [-0.3, -0.25) is 4.79 Å². The van der Waals surface area contributed by atoms with Crippen LogP contribution in [0.3, 0.4) is 0 Å². The van der Waals surface area contributed by atoms with E-state index in [1.165, 1.54) is 0 Å². The molecule has 0 aliphatic carbocycles. The van der Waals surface area contributed by atoms with Crippen LogP contribution in [0.5, 0.6) is 0 Å². The van der Waals surface area contributed by atoms with Gasteiger partial charge in [-0.05, 0) is 44.6 Å². The maximum Gasteiger partial charge on any atom is 0.251 e. The molecule has 0 bridgehead atoms. The van der Waals surface area contributed by atoms with Crippen LogP contribution in [-0.2, 0) is 0 Å². The van der Waals surface area contributed by atoms with Gasteiger partial charge in [0.15, 0.2) is 0 Å². The standard InChI is InChI=1S/C16H17Cl2N3O/c1-21-6-2-3-11(9-21)14-8-15(22)20-16(19-14)10-4-5-12(17)13(18)7-10/h4-5,7-8,11H,2-3,6,9H2,1H3,(H,19,20,22)/t11-/m0/s1. The summed E-state index contributed by atoms with van der Waals surface area (Å²) in [5.74, 6) is 0.830. The van der Waals surface area contributed by atoms with Crippen molar-refractivity contribution in [3.05, 3.63) is 50.4 Å². The predicted molar refractivity (Wildman–Crippen MR) is 89.8 cm³/mol. The number of aromatic amines is 1. The van der Waals surface area contributed by atoms with Crippen LogP contribution in [0, 0.1) is 0 Å². The molecule has 1 fully saturated rings. The van der Waals surface area contributed by atoms with E-state index in [1.54, 1.807) is 18.2 Å². The number of nitrogens with one attached hydrogen (secondary N) is 1. The van der Waals surface area contributed by atoms with Crippen LogP contribution < -0.4 is 5.56 Å². The van der Waals surface area contributed by atoms with Crippen molar-refractivity contribution in [3.8, 4) is 11.4 Å². The lowest BCUT2D eigenvalue weighted by Gasteiger charge is -2.29. The molecule has 1 N–H and O–H groups in total. The number of aromatic nitrogens is 2. The van der Waals surface area contributed by atoms with Crippen LogP contribution in [-0.4, -0.2) is 35.0 Å². The molecule has 3 rings (SSSR count). The van der Waals surface area contributed by atoms with Gasteiger partial charge in [-0.15, -0.1) is 0 Å². The van der Waals surface area contributed by atoms with Crippen LogP contribution in [0.4, 0.5) is 0 Å². The molecule has 2 aromatic rings. The first-order chi connectivity index (χ1) is 10.5. The summed E-state index contributed by atoms with van der Waals surface area (Å²) in [4.78, 5) is 21.7. The average Bonchev–Trinajstić information content (AvgIpc) is 2.49. The summed E-state index contributed by atoms with van der Waals surface area (Å²) in [5.41, 5.74) is 1.47. The van der Waals surface area contributed by atoms with Gasteiger partial charge in [0.2, 0.25) is 0 Å². The molecule has 1 aromatic heterocycles. The topological polar surface area (TPSA) is 49.0 Å². The molecule has 1 saturated heterocycles. The molecule has 1 aliphatic rings. The molecule has 6 heteroatoms. The van der Waals surface area contributed by atoms with Crippen LogP contribution >= 0.6 is 23.2 Å². The van der Waals surface area contributed by atoms with Gasteiger partial charge >= 0.3 is 0 Å². The minimum Gasteiger partial charge on any atom is -0.307 e. The summed E-state index contributed by atoms with van der Waals surface area (Å²) in [7, 11) is 2.10. The summed E-state index contributed by atoms with van der Waals surface area (Å²) >= 11 is 12.0. The SMILES string of the molecule is CN1CCC[C@H](c2cc(=O)[nH]c(-c3ccc(Cl)c(Cl)c3)n2)C1. The van der Waals surface area contributed by atoms with Crippen LogP contribution in [0.15, 0.2) is 29.1 Å². The second-order valence-electron chi connectivity index (χ2n) is 5.75. The Morgan fingerprint density at radius 1 is 1.27 bits per heavy atom. The normalized spacial score (nSPS) is 19.3. The summed E-state index contributed by atoms with van der Waals surface area (Å²) in [6, 6.07) is 6.84. The monoisotopic (exact) mass is 337 g/mol. The lowest BCUT2D eigenvalue weighted by Crippen LogP contribution is -2.31. The van der Waals surface area contributed by atoms with E-state index < -0.39 is 0 Å². The number of halogens is 2. The van der Waals surface area contributed by atoms with E-state index in [9.17, 15) is 4.79 Å². The zero-order chi connectivity index (χ0) is 15.7. The highest BCUT2D eigenvalue weighted by Gasteiger charge is 2.21. The molecule has 0 unspecified atom stereocenters. The first-order valence-corrected chi connectivity index (χ1v) is 8.04. The number of H-pyrrole nitrogens is 1. The van der Waals surface area contributed by atoms with Gasteiger partial charge in [-0.2, -0.15) is 0 Å². The number of likely N-dealkylation sites (tertiary alicyclic amines) is 1. The van der Waals surface area contributed by atoms with Gasteiger partial charge < -0.3 is 9.88 Å². The predicted octanol–water partition coefficient (Wildman–Crippen LogP) is 3.55. The molecule has 4 nitrogen and oxygen atoms in total. The van der Waals surface area contributed by atoms with Gasteiger partial charge in [0.1, 0.15) is 5.82 Å². The molecule has 1 aliphatic heterocycles. The highest BCUT2D eigenvalue weighted by Crippen LogP contribution is 2.28. The summed E-state index contributed by atoms with van der Waals surface area (Å²) < 4.78 is 0. The largest absolute Gasteiger partial charge is 0.307 e. The molecule has 0 amide bonds. The summed E-state index contributed by atoms with van der Waals surface area (Å²) in [6.45, 7) is 2.02. The third-order valence-corrected chi connectivity index (χ3v) is 4.74. The van der Waals surface area contributed by atoms with Gasteiger partial charge in [0, 0.05) is 24.1 Å². The molecule has 0 radical (unpaired) electrons. The van der Waals surface area contributed by atoms with Crippen molar-refractivity contribution in [2.75, 3.05) is 20.1 Å². The Labute approximate surface area is 139 Å². The zero-order valence-electron chi connectivity index (χ0n) is 12.3. The lowest BCUT2D eigenvalue weighted by molar-refractivity contribution is 0.248. The molecule has 2 heterocycles. The summed E-state index contributed by atoms with van der Waals surface area (Å²) in [6.07, 6.45) is 2.18. The smallest absolute Gasteiger partial charge is 0.251 e. The molecule has 1 aromatic carbocycles. The van der Waals surface area contributed by atoms with Crippen molar-refractivity contribution >= 4 is 23.2 Å². The number of piperidine rings is 1. The molecule has 0 saturated carbocycles. The number of hydrogen-bond acceptors (Lipinski definition) is 3. The Morgan fingerprint density at radius 2 is 2.09 bits per heavy atom. The molecule has 1 atom stereocenters. The Kier molecular flexibility index (Phi) is 4.52. The number of nitrogens with zero attached hydrogens (tertiary/aromatic N) is 2. The third kappa shape index (κ3) is 3.35. The van der Waals surface area contributed by atoms with Crippen molar-refractivity contribution in [3.63, 3.8) is 0 Å².